The second kappa shape index (κ2) is 5.43. The minimum Gasteiger partial charge on any atom is -0.352 e. The number of hydrogen-bond donors (Lipinski definition) is 0. The number of morpholine rings is 1. The van der Waals surface area contributed by atoms with E-state index in [0.29, 0.717) is 6.61 Å². The lowest BCUT2D eigenvalue weighted by atomic mass is 10.1. The fraction of sp³-hybridized carbons (Fsp3) is 0.538. The van der Waals surface area contributed by atoms with Crippen LogP contribution in [-0.4, -0.2) is 37.9 Å². The molecule has 0 unspecified atom stereocenters. The van der Waals surface area contributed by atoms with Gasteiger partial charge < -0.3 is 9.47 Å². The summed E-state index contributed by atoms with van der Waals surface area (Å²) in [5.41, 5.74) is 1.22. The number of hydrogen-bond acceptors (Lipinski definition) is 3. The zero-order valence-corrected chi connectivity index (χ0v) is 9.93. The first-order valence-corrected chi connectivity index (χ1v) is 5.80. The van der Waals surface area contributed by atoms with Crippen LogP contribution >= 0.6 is 0 Å². The first-order valence-electron chi connectivity index (χ1n) is 5.80. The third kappa shape index (κ3) is 2.82. The maximum Gasteiger partial charge on any atom is 0.170 e. The van der Waals surface area contributed by atoms with Crippen molar-refractivity contribution in [3.63, 3.8) is 0 Å². The summed E-state index contributed by atoms with van der Waals surface area (Å²) >= 11 is 0. The normalized spacial score (nSPS) is 26.9. The third-order valence-corrected chi connectivity index (χ3v) is 2.78. The van der Waals surface area contributed by atoms with Crippen LogP contribution in [0.3, 0.4) is 0 Å². The standard InChI is InChI=1S/C13H19NO2/c1-3-15-13-10-14(2)9-12(16-13)11-7-5-4-6-8-11/h4-8,12-13H,3,9-10H2,1-2H3/t12-,13+/m0/s1. The largest absolute Gasteiger partial charge is 0.352 e. The van der Waals surface area contributed by atoms with E-state index in [1.165, 1.54) is 5.56 Å². The van der Waals surface area contributed by atoms with Gasteiger partial charge in [0.25, 0.3) is 0 Å². The van der Waals surface area contributed by atoms with Crippen LogP contribution in [0.25, 0.3) is 0 Å². The minimum atomic E-state index is -0.103. The molecule has 0 amide bonds. The summed E-state index contributed by atoms with van der Waals surface area (Å²) in [6.45, 7) is 4.46. The van der Waals surface area contributed by atoms with E-state index in [9.17, 15) is 0 Å². The average molecular weight is 221 g/mol. The van der Waals surface area contributed by atoms with E-state index in [4.69, 9.17) is 9.47 Å². The van der Waals surface area contributed by atoms with E-state index >= 15 is 0 Å². The molecule has 1 saturated heterocycles. The van der Waals surface area contributed by atoms with Gasteiger partial charge >= 0.3 is 0 Å². The summed E-state index contributed by atoms with van der Waals surface area (Å²) < 4.78 is 11.5. The maximum atomic E-state index is 5.92. The Kier molecular flexibility index (Phi) is 3.93. The Balaban J connectivity index is 2.04. The van der Waals surface area contributed by atoms with Gasteiger partial charge in [0.1, 0.15) is 0 Å². The lowest BCUT2D eigenvalue weighted by molar-refractivity contribution is -0.207. The molecule has 0 aromatic heterocycles. The summed E-state index contributed by atoms with van der Waals surface area (Å²) in [5, 5.41) is 0. The highest BCUT2D eigenvalue weighted by Crippen LogP contribution is 2.24. The molecule has 0 aliphatic carbocycles. The zero-order chi connectivity index (χ0) is 11.4. The van der Waals surface area contributed by atoms with Crippen LogP contribution < -0.4 is 0 Å². The topological polar surface area (TPSA) is 21.7 Å². The Hall–Kier alpha value is -0.900. The molecule has 0 spiro atoms. The molecule has 2 rings (SSSR count). The molecule has 0 saturated carbocycles. The summed E-state index contributed by atoms with van der Waals surface area (Å²) in [7, 11) is 2.10. The molecule has 0 radical (unpaired) electrons. The van der Waals surface area contributed by atoms with Crippen molar-refractivity contribution >= 4 is 0 Å². The number of benzene rings is 1. The Morgan fingerprint density at radius 2 is 2.06 bits per heavy atom. The van der Waals surface area contributed by atoms with Gasteiger partial charge in [0.05, 0.1) is 6.10 Å². The summed E-state index contributed by atoms with van der Waals surface area (Å²) in [5.74, 6) is 0. The van der Waals surface area contributed by atoms with Crippen molar-refractivity contribution in [2.45, 2.75) is 19.3 Å². The van der Waals surface area contributed by atoms with Crippen molar-refractivity contribution in [1.82, 2.24) is 4.90 Å². The van der Waals surface area contributed by atoms with Gasteiger partial charge in [0.2, 0.25) is 0 Å². The highest BCUT2D eigenvalue weighted by atomic mass is 16.7. The van der Waals surface area contributed by atoms with Crippen LogP contribution in [0.5, 0.6) is 0 Å². The van der Waals surface area contributed by atoms with Crippen molar-refractivity contribution < 1.29 is 9.47 Å². The molecule has 16 heavy (non-hydrogen) atoms. The fourth-order valence-electron chi connectivity index (χ4n) is 2.01. The molecule has 1 aliphatic rings. The van der Waals surface area contributed by atoms with Crippen molar-refractivity contribution in [3.8, 4) is 0 Å². The Morgan fingerprint density at radius 3 is 2.75 bits per heavy atom. The van der Waals surface area contributed by atoms with Crippen LogP contribution in [0.15, 0.2) is 30.3 Å². The quantitative estimate of drug-likeness (QED) is 0.779. The molecule has 1 aromatic rings. The fourth-order valence-corrected chi connectivity index (χ4v) is 2.01. The second-order valence-electron chi connectivity index (χ2n) is 4.14. The first kappa shape index (κ1) is 11.6. The van der Waals surface area contributed by atoms with E-state index in [1.54, 1.807) is 0 Å². The molecule has 88 valence electrons. The Morgan fingerprint density at radius 1 is 1.31 bits per heavy atom. The molecule has 3 nitrogen and oxygen atoms in total. The van der Waals surface area contributed by atoms with Gasteiger partial charge in [-0.1, -0.05) is 30.3 Å². The molecular weight excluding hydrogens is 202 g/mol. The smallest absolute Gasteiger partial charge is 0.170 e. The minimum absolute atomic E-state index is 0.103. The van der Waals surface area contributed by atoms with Gasteiger partial charge in [-0.2, -0.15) is 0 Å². The monoisotopic (exact) mass is 221 g/mol. The Bertz CT molecular complexity index is 315. The SMILES string of the molecule is CCO[C@H]1CN(C)C[C@@H](c2ccccc2)O1. The number of likely N-dealkylation sites (N-methyl/N-ethyl adjacent to an activating group) is 1. The predicted octanol–water partition coefficient (Wildman–Crippen LogP) is 2.05. The molecule has 0 N–H and O–H groups in total. The summed E-state index contributed by atoms with van der Waals surface area (Å²) in [6, 6.07) is 10.3. The maximum absolute atomic E-state index is 5.92. The molecule has 2 atom stereocenters. The molecule has 0 bridgehead atoms. The van der Waals surface area contributed by atoms with Gasteiger partial charge in [-0.25, -0.2) is 0 Å². The highest BCUT2D eigenvalue weighted by molar-refractivity contribution is 5.18. The van der Waals surface area contributed by atoms with Gasteiger partial charge in [-0.3, -0.25) is 4.90 Å². The molecule has 1 aliphatic heterocycles. The van der Waals surface area contributed by atoms with Crippen LogP contribution in [0.4, 0.5) is 0 Å². The van der Waals surface area contributed by atoms with E-state index in [1.807, 2.05) is 25.1 Å². The van der Waals surface area contributed by atoms with Gasteiger partial charge in [0, 0.05) is 19.7 Å². The number of rotatable bonds is 3. The molecular formula is C13H19NO2. The predicted molar refractivity (Wildman–Crippen MR) is 63.2 cm³/mol. The van der Waals surface area contributed by atoms with Crippen molar-refractivity contribution in [2.75, 3.05) is 26.7 Å². The zero-order valence-electron chi connectivity index (χ0n) is 9.93. The van der Waals surface area contributed by atoms with Gasteiger partial charge in [-0.05, 0) is 19.5 Å². The molecule has 1 aromatic carbocycles. The first-order chi connectivity index (χ1) is 7.79. The molecule has 1 fully saturated rings. The lowest BCUT2D eigenvalue weighted by Gasteiger charge is -2.35. The summed E-state index contributed by atoms with van der Waals surface area (Å²) in [4.78, 5) is 2.25. The number of nitrogens with zero attached hydrogens (tertiary/aromatic N) is 1. The van der Waals surface area contributed by atoms with E-state index in [0.717, 1.165) is 13.1 Å². The summed E-state index contributed by atoms with van der Waals surface area (Å²) in [6.07, 6.45) is 0.0189. The molecule has 3 heteroatoms. The Labute approximate surface area is 97.0 Å². The van der Waals surface area contributed by atoms with Crippen LogP contribution in [0.1, 0.15) is 18.6 Å². The third-order valence-electron chi connectivity index (χ3n) is 2.78. The van der Waals surface area contributed by atoms with Crippen molar-refractivity contribution in [3.05, 3.63) is 35.9 Å². The van der Waals surface area contributed by atoms with Crippen LogP contribution in [0.2, 0.25) is 0 Å². The molecule has 1 heterocycles. The second-order valence-corrected chi connectivity index (χ2v) is 4.14. The van der Waals surface area contributed by atoms with Crippen LogP contribution in [0, 0.1) is 0 Å². The van der Waals surface area contributed by atoms with E-state index in [-0.39, 0.29) is 12.4 Å². The highest BCUT2D eigenvalue weighted by Gasteiger charge is 2.26. The average Bonchev–Trinajstić information content (AvgIpc) is 2.30. The van der Waals surface area contributed by atoms with Gasteiger partial charge in [-0.15, -0.1) is 0 Å². The van der Waals surface area contributed by atoms with Crippen molar-refractivity contribution in [1.29, 1.82) is 0 Å². The van der Waals surface area contributed by atoms with Crippen molar-refractivity contribution in [2.24, 2.45) is 0 Å². The number of ether oxygens (including phenoxy) is 2. The van der Waals surface area contributed by atoms with E-state index < -0.39 is 0 Å². The van der Waals surface area contributed by atoms with E-state index in [2.05, 4.69) is 24.1 Å². The lowest BCUT2D eigenvalue weighted by Crippen LogP contribution is -2.43. The van der Waals surface area contributed by atoms with Gasteiger partial charge in [0.15, 0.2) is 6.29 Å². The van der Waals surface area contributed by atoms with Crippen LogP contribution in [-0.2, 0) is 9.47 Å².